The topological polar surface area (TPSA) is 52.3 Å². The number of hydrogen-bond donors (Lipinski definition) is 1. The summed E-state index contributed by atoms with van der Waals surface area (Å²) in [6, 6.07) is 0. The first kappa shape index (κ1) is 8.53. The number of carbonyl (C=O) groups is 1. The lowest BCUT2D eigenvalue weighted by molar-refractivity contribution is -0.150. The Morgan fingerprint density at radius 3 is 2.45 bits per heavy atom. The molecule has 0 aromatic rings. The minimum Gasteiger partial charge on any atom is -0.462 e. The van der Waals surface area contributed by atoms with Crippen molar-refractivity contribution in [2.75, 3.05) is 0 Å². The Kier molecular flexibility index (Phi) is 1.92. The largest absolute Gasteiger partial charge is 0.462 e. The summed E-state index contributed by atoms with van der Waals surface area (Å²) in [6.45, 7) is 5.62. The summed E-state index contributed by atoms with van der Waals surface area (Å²) in [5.74, 6) is 0.0359. The molecule has 1 rings (SSSR count). The van der Waals surface area contributed by atoms with E-state index in [1.54, 1.807) is 0 Å². The third kappa shape index (κ3) is 1.53. The molecule has 2 N–H and O–H groups in total. The molecule has 0 aromatic carbocycles. The maximum absolute atomic E-state index is 11.2. The van der Waals surface area contributed by atoms with E-state index in [9.17, 15) is 4.79 Å². The minimum atomic E-state index is -0.662. The van der Waals surface area contributed by atoms with Crippen molar-refractivity contribution in [1.29, 1.82) is 0 Å². The van der Waals surface area contributed by atoms with Gasteiger partial charge in [0.1, 0.15) is 5.54 Å². The van der Waals surface area contributed by atoms with Crippen LogP contribution in [0.1, 0.15) is 27.2 Å². The van der Waals surface area contributed by atoms with Crippen molar-refractivity contribution in [3.8, 4) is 0 Å². The van der Waals surface area contributed by atoms with Gasteiger partial charge in [0.2, 0.25) is 0 Å². The Labute approximate surface area is 66.9 Å². The van der Waals surface area contributed by atoms with Gasteiger partial charge in [-0.2, -0.15) is 0 Å². The van der Waals surface area contributed by atoms with Crippen LogP contribution < -0.4 is 5.73 Å². The lowest BCUT2D eigenvalue weighted by Crippen LogP contribution is -2.37. The molecule has 0 aliphatic heterocycles. The highest BCUT2D eigenvalue weighted by molar-refractivity contribution is 5.84. The predicted molar refractivity (Wildman–Crippen MR) is 41.9 cm³/mol. The van der Waals surface area contributed by atoms with Gasteiger partial charge < -0.3 is 10.5 Å². The Morgan fingerprint density at radius 2 is 2.18 bits per heavy atom. The lowest BCUT2D eigenvalue weighted by atomic mass is 10.2. The molecule has 0 bridgehead atoms. The second kappa shape index (κ2) is 2.48. The minimum absolute atomic E-state index is 0.0595. The molecule has 0 amide bonds. The van der Waals surface area contributed by atoms with Crippen molar-refractivity contribution in [1.82, 2.24) is 0 Å². The first-order chi connectivity index (χ1) is 4.97. The van der Waals surface area contributed by atoms with Gasteiger partial charge in [-0.25, -0.2) is 0 Å². The zero-order valence-corrected chi connectivity index (χ0v) is 7.26. The van der Waals surface area contributed by atoms with Gasteiger partial charge in [-0.05, 0) is 26.2 Å². The highest BCUT2D eigenvalue weighted by atomic mass is 16.5. The molecule has 1 aliphatic rings. The Morgan fingerprint density at radius 1 is 1.73 bits per heavy atom. The van der Waals surface area contributed by atoms with Crippen LogP contribution in [0.15, 0.2) is 0 Å². The van der Waals surface area contributed by atoms with Gasteiger partial charge in [-0.1, -0.05) is 6.92 Å². The molecule has 0 spiro atoms. The molecule has 1 fully saturated rings. The van der Waals surface area contributed by atoms with Crippen molar-refractivity contribution in [2.24, 2.45) is 11.7 Å². The van der Waals surface area contributed by atoms with E-state index >= 15 is 0 Å². The second-order valence-electron chi connectivity index (χ2n) is 3.60. The highest BCUT2D eigenvalue weighted by Gasteiger charge is 2.55. The normalized spacial score (nSPS) is 35.5. The molecule has 3 heteroatoms. The van der Waals surface area contributed by atoms with Gasteiger partial charge >= 0.3 is 5.97 Å². The number of nitrogens with two attached hydrogens (primary N) is 1. The second-order valence-corrected chi connectivity index (χ2v) is 3.60. The van der Waals surface area contributed by atoms with Crippen molar-refractivity contribution in [3.05, 3.63) is 0 Å². The van der Waals surface area contributed by atoms with Crippen molar-refractivity contribution < 1.29 is 9.53 Å². The SMILES string of the molecule is CC(C)OC(=O)C1(N)CC1C. The fraction of sp³-hybridized carbons (Fsp3) is 0.875. The summed E-state index contributed by atoms with van der Waals surface area (Å²) in [6.07, 6.45) is 0.703. The zero-order valence-electron chi connectivity index (χ0n) is 7.26. The summed E-state index contributed by atoms with van der Waals surface area (Å²) in [5.41, 5.74) is 5.04. The molecule has 1 aliphatic carbocycles. The Hall–Kier alpha value is -0.570. The summed E-state index contributed by atoms with van der Waals surface area (Å²) in [5, 5.41) is 0. The molecule has 0 heterocycles. The van der Waals surface area contributed by atoms with Crippen LogP contribution >= 0.6 is 0 Å². The van der Waals surface area contributed by atoms with Crippen LogP contribution in [-0.2, 0) is 9.53 Å². The van der Waals surface area contributed by atoms with Crippen molar-refractivity contribution in [3.63, 3.8) is 0 Å². The molecule has 0 aromatic heterocycles. The first-order valence-electron chi connectivity index (χ1n) is 3.97. The summed E-state index contributed by atoms with van der Waals surface area (Å²) in [4.78, 5) is 11.2. The van der Waals surface area contributed by atoms with Crippen LogP contribution in [0, 0.1) is 5.92 Å². The average Bonchev–Trinajstić information content (AvgIpc) is 2.40. The summed E-state index contributed by atoms with van der Waals surface area (Å²) < 4.78 is 4.98. The number of hydrogen-bond acceptors (Lipinski definition) is 3. The Bertz CT molecular complexity index is 179. The van der Waals surface area contributed by atoms with E-state index in [1.165, 1.54) is 0 Å². The van der Waals surface area contributed by atoms with Gasteiger partial charge in [0.15, 0.2) is 0 Å². The van der Waals surface area contributed by atoms with Crippen LogP contribution in [-0.4, -0.2) is 17.6 Å². The average molecular weight is 157 g/mol. The number of carbonyl (C=O) groups excluding carboxylic acids is 1. The van der Waals surface area contributed by atoms with E-state index in [0.29, 0.717) is 0 Å². The lowest BCUT2D eigenvalue weighted by Gasteiger charge is -2.12. The van der Waals surface area contributed by atoms with Crippen molar-refractivity contribution >= 4 is 5.97 Å². The van der Waals surface area contributed by atoms with E-state index in [1.807, 2.05) is 20.8 Å². The fourth-order valence-corrected chi connectivity index (χ4v) is 1.06. The van der Waals surface area contributed by atoms with Crippen LogP contribution in [0.3, 0.4) is 0 Å². The van der Waals surface area contributed by atoms with Crippen molar-refractivity contribution in [2.45, 2.75) is 38.8 Å². The quantitative estimate of drug-likeness (QED) is 0.599. The fourth-order valence-electron chi connectivity index (χ4n) is 1.06. The zero-order chi connectivity index (χ0) is 8.65. The molecule has 11 heavy (non-hydrogen) atoms. The monoisotopic (exact) mass is 157 g/mol. The van der Waals surface area contributed by atoms with E-state index in [-0.39, 0.29) is 18.0 Å². The highest BCUT2D eigenvalue weighted by Crippen LogP contribution is 2.41. The van der Waals surface area contributed by atoms with Gasteiger partial charge in [-0.3, -0.25) is 4.79 Å². The van der Waals surface area contributed by atoms with E-state index in [0.717, 1.165) is 6.42 Å². The molecule has 2 atom stereocenters. The van der Waals surface area contributed by atoms with Gasteiger partial charge in [0.05, 0.1) is 6.10 Å². The van der Waals surface area contributed by atoms with Crippen LogP contribution in [0.25, 0.3) is 0 Å². The molecule has 3 nitrogen and oxygen atoms in total. The Balaban J connectivity index is 2.43. The predicted octanol–water partition coefficient (Wildman–Crippen LogP) is 0.675. The molecular weight excluding hydrogens is 142 g/mol. The molecule has 1 saturated carbocycles. The maximum Gasteiger partial charge on any atom is 0.326 e. The third-order valence-corrected chi connectivity index (χ3v) is 2.09. The van der Waals surface area contributed by atoms with Gasteiger partial charge in [0, 0.05) is 0 Å². The van der Waals surface area contributed by atoms with Gasteiger partial charge in [-0.15, -0.1) is 0 Å². The van der Waals surface area contributed by atoms with Crippen LogP contribution in [0.4, 0.5) is 0 Å². The third-order valence-electron chi connectivity index (χ3n) is 2.09. The number of ether oxygens (including phenoxy) is 1. The summed E-state index contributed by atoms with van der Waals surface area (Å²) >= 11 is 0. The first-order valence-corrected chi connectivity index (χ1v) is 3.97. The number of esters is 1. The van der Waals surface area contributed by atoms with Crippen LogP contribution in [0.2, 0.25) is 0 Å². The maximum atomic E-state index is 11.2. The number of rotatable bonds is 2. The molecular formula is C8H15NO2. The summed E-state index contributed by atoms with van der Waals surface area (Å²) in [7, 11) is 0. The van der Waals surface area contributed by atoms with E-state index in [4.69, 9.17) is 10.5 Å². The van der Waals surface area contributed by atoms with Crippen LogP contribution in [0.5, 0.6) is 0 Å². The molecule has 0 saturated heterocycles. The molecule has 0 radical (unpaired) electrons. The molecule has 2 unspecified atom stereocenters. The van der Waals surface area contributed by atoms with E-state index in [2.05, 4.69) is 0 Å². The standard InChI is InChI=1S/C8H15NO2/c1-5(2)11-7(10)8(9)4-6(8)3/h5-6H,4,9H2,1-3H3. The smallest absolute Gasteiger partial charge is 0.326 e. The molecule has 64 valence electrons. The van der Waals surface area contributed by atoms with E-state index < -0.39 is 5.54 Å². The van der Waals surface area contributed by atoms with Gasteiger partial charge in [0.25, 0.3) is 0 Å².